The Morgan fingerprint density at radius 3 is 2.68 bits per heavy atom. The van der Waals surface area contributed by atoms with Crippen LogP contribution in [-0.4, -0.2) is 16.0 Å². The van der Waals surface area contributed by atoms with Crippen molar-refractivity contribution in [1.82, 2.24) is 4.57 Å². The molecule has 0 fully saturated rings. The van der Waals surface area contributed by atoms with E-state index in [0.717, 1.165) is 42.5 Å². The number of aromatic nitrogens is 1. The summed E-state index contributed by atoms with van der Waals surface area (Å²) in [6, 6.07) is 15.9. The molecule has 1 aromatic heterocycles. The Hall–Kier alpha value is -2.39. The molecule has 0 radical (unpaired) electrons. The second-order valence-electron chi connectivity index (χ2n) is 7.64. The Labute approximate surface area is 148 Å². The lowest BCUT2D eigenvalue weighted by Crippen LogP contribution is -2.37. The first kappa shape index (κ1) is 16.1. The number of carbonyl (C=O) groups excluding carboxylic acids is 1. The molecule has 3 nitrogen and oxygen atoms in total. The summed E-state index contributed by atoms with van der Waals surface area (Å²) in [5.41, 5.74) is 11.6. The quantitative estimate of drug-likeness (QED) is 0.678. The Balaban J connectivity index is 1.99. The molecule has 3 aromatic rings. The van der Waals surface area contributed by atoms with Gasteiger partial charge in [0.05, 0.1) is 5.52 Å². The maximum Gasteiger partial charge on any atom is 0.262 e. The predicted molar refractivity (Wildman–Crippen MR) is 102 cm³/mol. The molecule has 2 N–H and O–H groups in total. The number of hydrogen-bond acceptors (Lipinski definition) is 2. The molecule has 25 heavy (non-hydrogen) atoms. The van der Waals surface area contributed by atoms with Crippen LogP contribution in [-0.2, 0) is 12.8 Å². The highest BCUT2D eigenvalue weighted by Gasteiger charge is 2.30. The lowest BCUT2D eigenvalue weighted by Gasteiger charge is -2.22. The van der Waals surface area contributed by atoms with Gasteiger partial charge in [-0.15, -0.1) is 0 Å². The largest absolute Gasteiger partial charge is 0.325 e. The maximum absolute atomic E-state index is 13.3. The van der Waals surface area contributed by atoms with Gasteiger partial charge in [0, 0.05) is 22.2 Å². The minimum Gasteiger partial charge on any atom is -0.325 e. The first-order chi connectivity index (χ1) is 12.0. The van der Waals surface area contributed by atoms with Crippen LogP contribution in [0.15, 0.2) is 48.5 Å². The zero-order valence-electron chi connectivity index (χ0n) is 14.9. The van der Waals surface area contributed by atoms with Crippen LogP contribution >= 0.6 is 0 Å². The van der Waals surface area contributed by atoms with E-state index >= 15 is 0 Å². The molecule has 4 rings (SSSR count). The minimum absolute atomic E-state index is 0.0522. The summed E-state index contributed by atoms with van der Waals surface area (Å²) >= 11 is 0. The van der Waals surface area contributed by atoms with Crippen molar-refractivity contribution in [2.75, 3.05) is 0 Å². The monoisotopic (exact) mass is 332 g/mol. The van der Waals surface area contributed by atoms with Gasteiger partial charge in [-0.1, -0.05) is 29.8 Å². The summed E-state index contributed by atoms with van der Waals surface area (Å²) in [5.74, 6) is 0.0522. The first-order valence-electron chi connectivity index (χ1n) is 8.98. The lowest BCUT2D eigenvalue weighted by atomic mass is 9.91. The van der Waals surface area contributed by atoms with Crippen molar-refractivity contribution in [3.8, 4) is 0 Å². The molecule has 0 bridgehead atoms. The Morgan fingerprint density at radius 1 is 1.16 bits per heavy atom. The summed E-state index contributed by atoms with van der Waals surface area (Å²) in [5, 5.41) is 1.18. The van der Waals surface area contributed by atoms with Gasteiger partial charge in [-0.05, 0) is 69.4 Å². The van der Waals surface area contributed by atoms with Crippen LogP contribution < -0.4 is 5.73 Å². The maximum atomic E-state index is 13.3. The number of benzene rings is 2. The van der Waals surface area contributed by atoms with Gasteiger partial charge in [-0.2, -0.15) is 0 Å². The number of rotatable bonds is 1. The van der Waals surface area contributed by atoms with Crippen molar-refractivity contribution >= 4 is 16.8 Å². The molecule has 1 aliphatic rings. The van der Waals surface area contributed by atoms with Crippen LogP contribution in [0.1, 0.15) is 46.9 Å². The van der Waals surface area contributed by atoms with Gasteiger partial charge in [-0.25, -0.2) is 0 Å². The van der Waals surface area contributed by atoms with E-state index in [2.05, 4.69) is 32.0 Å². The van der Waals surface area contributed by atoms with Gasteiger partial charge in [0.2, 0.25) is 0 Å². The normalized spacial score (nSPS) is 20.3. The number of nitrogens with zero attached hydrogens (tertiary/aromatic N) is 1. The van der Waals surface area contributed by atoms with Crippen molar-refractivity contribution in [2.45, 2.75) is 45.1 Å². The molecule has 1 heterocycles. The van der Waals surface area contributed by atoms with Gasteiger partial charge in [0.1, 0.15) is 0 Å². The molecular formula is C22H24N2O. The Morgan fingerprint density at radius 2 is 1.92 bits per heavy atom. The molecule has 0 amide bonds. The average molecular weight is 332 g/mol. The van der Waals surface area contributed by atoms with Gasteiger partial charge < -0.3 is 5.73 Å². The Kier molecular flexibility index (Phi) is 3.77. The van der Waals surface area contributed by atoms with Crippen LogP contribution in [0.5, 0.6) is 0 Å². The zero-order chi connectivity index (χ0) is 17.6. The molecule has 0 saturated carbocycles. The van der Waals surface area contributed by atoms with Crippen molar-refractivity contribution < 1.29 is 4.79 Å². The lowest BCUT2D eigenvalue weighted by molar-refractivity contribution is 0.0962. The third-order valence-electron chi connectivity index (χ3n) is 5.30. The van der Waals surface area contributed by atoms with Gasteiger partial charge >= 0.3 is 0 Å². The molecule has 0 saturated heterocycles. The van der Waals surface area contributed by atoms with Gasteiger partial charge in [0.25, 0.3) is 5.91 Å². The van der Waals surface area contributed by atoms with E-state index < -0.39 is 0 Å². The van der Waals surface area contributed by atoms with Crippen molar-refractivity contribution in [2.24, 2.45) is 5.73 Å². The minimum atomic E-state index is -0.218. The Bertz CT molecular complexity index is 951. The van der Waals surface area contributed by atoms with E-state index in [9.17, 15) is 4.79 Å². The predicted octanol–water partition coefficient (Wildman–Crippen LogP) is 4.23. The molecule has 1 atom stereocenters. The molecular weight excluding hydrogens is 308 g/mol. The molecule has 128 valence electrons. The highest BCUT2D eigenvalue weighted by molar-refractivity contribution is 6.04. The van der Waals surface area contributed by atoms with Crippen LogP contribution in [0, 0.1) is 6.92 Å². The van der Waals surface area contributed by atoms with Crippen molar-refractivity contribution in [1.29, 1.82) is 0 Å². The van der Waals surface area contributed by atoms with Crippen LogP contribution in [0.2, 0.25) is 0 Å². The standard InChI is InChI=1S/C22H24N2O/c1-15-10-11-20-17(13-15)18-14-22(2,23)12-6-9-19(18)24(20)21(25)16-7-4-3-5-8-16/h3-5,7-8,10-11,13H,6,9,12,14,23H2,1-2H3. The summed E-state index contributed by atoms with van der Waals surface area (Å²) in [6.07, 6.45) is 3.71. The van der Waals surface area contributed by atoms with E-state index in [4.69, 9.17) is 5.73 Å². The van der Waals surface area contributed by atoms with Gasteiger partial charge in [0.15, 0.2) is 0 Å². The van der Waals surface area contributed by atoms with E-state index in [1.165, 1.54) is 16.5 Å². The summed E-state index contributed by atoms with van der Waals surface area (Å²) in [6.45, 7) is 4.22. The number of aryl methyl sites for hydroxylation is 1. The summed E-state index contributed by atoms with van der Waals surface area (Å²) in [7, 11) is 0. The number of fused-ring (bicyclic) bond motifs is 3. The average Bonchev–Trinajstić information content (AvgIpc) is 2.77. The second kappa shape index (κ2) is 5.85. The zero-order valence-corrected chi connectivity index (χ0v) is 14.9. The highest BCUT2D eigenvalue weighted by Crippen LogP contribution is 2.35. The van der Waals surface area contributed by atoms with E-state index in [1.54, 1.807) is 0 Å². The molecule has 2 aromatic carbocycles. The van der Waals surface area contributed by atoms with Crippen molar-refractivity contribution in [3.63, 3.8) is 0 Å². The number of nitrogens with two attached hydrogens (primary N) is 1. The third-order valence-corrected chi connectivity index (χ3v) is 5.30. The van der Waals surface area contributed by atoms with E-state index in [-0.39, 0.29) is 11.4 Å². The van der Waals surface area contributed by atoms with Crippen molar-refractivity contribution in [3.05, 3.63) is 70.9 Å². The van der Waals surface area contributed by atoms with Gasteiger partial charge in [-0.3, -0.25) is 9.36 Å². The SMILES string of the molecule is Cc1ccc2c(c1)c1c(n2C(=O)c2ccccc2)CCCC(C)(N)C1. The third kappa shape index (κ3) is 2.79. The number of carbonyl (C=O) groups is 1. The second-order valence-corrected chi connectivity index (χ2v) is 7.64. The van der Waals surface area contributed by atoms with E-state index in [1.807, 2.05) is 34.9 Å². The van der Waals surface area contributed by atoms with Crippen LogP contribution in [0.25, 0.3) is 10.9 Å². The molecule has 1 aliphatic carbocycles. The fourth-order valence-electron chi connectivity index (χ4n) is 4.08. The van der Waals surface area contributed by atoms with Crippen LogP contribution in [0.4, 0.5) is 0 Å². The first-order valence-corrected chi connectivity index (χ1v) is 8.98. The topological polar surface area (TPSA) is 48.0 Å². The fourth-order valence-corrected chi connectivity index (χ4v) is 4.08. The number of hydrogen-bond donors (Lipinski definition) is 1. The van der Waals surface area contributed by atoms with Crippen LogP contribution in [0.3, 0.4) is 0 Å². The molecule has 0 spiro atoms. The molecule has 3 heteroatoms. The smallest absolute Gasteiger partial charge is 0.262 e. The fraction of sp³-hybridized carbons (Fsp3) is 0.318. The molecule has 1 unspecified atom stereocenters. The highest BCUT2D eigenvalue weighted by atomic mass is 16.2. The summed E-state index contributed by atoms with van der Waals surface area (Å²) in [4.78, 5) is 13.3. The summed E-state index contributed by atoms with van der Waals surface area (Å²) < 4.78 is 1.93. The molecule has 0 aliphatic heterocycles. The van der Waals surface area contributed by atoms with E-state index in [0.29, 0.717) is 0 Å².